The Kier molecular flexibility index (Phi) is 6.39. The quantitative estimate of drug-likeness (QED) is 0.489. The number of aryl methyl sites for hydroxylation is 1. The summed E-state index contributed by atoms with van der Waals surface area (Å²) in [6.45, 7) is 12.8. The summed E-state index contributed by atoms with van der Waals surface area (Å²) in [6, 6.07) is 8.31. The number of aromatic nitrogens is 3. The van der Waals surface area contributed by atoms with E-state index in [1.807, 2.05) is 26.8 Å². The zero-order valence-corrected chi connectivity index (χ0v) is 23.3. The maximum Gasteiger partial charge on any atom is 0.410 e. The van der Waals surface area contributed by atoms with Crippen LogP contribution in [-0.4, -0.2) is 75.5 Å². The average Bonchev–Trinajstić information content (AvgIpc) is 3.45. The van der Waals surface area contributed by atoms with Crippen LogP contribution in [0.1, 0.15) is 49.1 Å². The molecule has 3 aromatic rings. The van der Waals surface area contributed by atoms with Crippen molar-refractivity contribution in [1.29, 1.82) is 0 Å². The third kappa shape index (κ3) is 4.78. The third-order valence-corrected chi connectivity index (χ3v) is 7.82. The Balaban J connectivity index is 1.30. The van der Waals surface area contributed by atoms with Crippen molar-refractivity contribution >= 4 is 40.2 Å². The second kappa shape index (κ2) is 9.74. The second-order valence-electron chi connectivity index (χ2n) is 10.9. The van der Waals surface area contributed by atoms with Crippen LogP contribution in [0.3, 0.4) is 0 Å². The summed E-state index contributed by atoms with van der Waals surface area (Å²) in [6.07, 6.45) is 4.94. The van der Waals surface area contributed by atoms with E-state index in [4.69, 9.17) is 19.4 Å². The lowest BCUT2D eigenvalue weighted by Crippen LogP contribution is -2.46. The lowest BCUT2D eigenvalue weighted by atomic mass is 10.1. The van der Waals surface area contributed by atoms with Gasteiger partial charge in [-0.3, -0.25) is 5.01 Å². The fourth-order valence-corrected chi connectivity index (χ4v) is 6.10. The SMILES string of the molecule is CCc1nc2ccccc2n1N1C=C(N2CCOCC2)c2nc(C=C3CN(C(=O)OC(C)(C)C)C3)sc2C1. The number of carbonyl (C=O) groups excluding carboxylic acids is 1. The van der Waals surface area contributed by atoms with E-state index >= 15 is 0 Å². The Morgan fingerprint density at radius 1 is 1.13 bits per heavy atom. The van der Waals surface area contributed by atoms with Gasteiger partial charge in [-0.1, -0.05) is 19.1 Å². The summed E-state index contributed by atoms with van der Waals surface area (Å²) in [4.78, 5) is 27.7. The molecule has 0 radical (unpaired) electrons. The fourth-order valence-electron chi connectivity index (χ4n) is 5.04. The summed E-state index contributed by atoms with van der Waals surface area (Å²) in [5.41, 5.74) is 4.98. The van der Waals surface area contributed by atoms with Gasteiger partial charge in [-0.15, -0.1) is 11.3 Å². The highest BCUT2D eigenvalue weighted by Crippen LogP contribution is 2.35. The van der Waals surface area contributed by atoms with Gasteiger partial charge in [0.1, 0.15) is 22.1 Å². The first-order valence-electron chi connectivity index (χ1n) is 13.2. The van der Waals surface area contributed by atoms with Crippen LogP contribution >= 0.6 is 11.3 Å². The molecule has 5 heterocycles. The molecule has 2 saturated heterocycles. The van der Waals surface area contributed by atoms with Crippen molar-refractivity contribution in [3.63, 3.8) is 0 Å². The van der Waals surface area contributed by atoms with Gasteiger partial charge in [-0.25, -0.2) is 19.4 Å². The first-order valence-corrected chi connectivity index (χ1v) is 14.1. The predicted octanol–water partition coefficient (Wildman–Crippen LogP) is 4.47. The highest BCUT2D eigenvalue weighted by Gasteiger charge is 2.32. The van der Waals surface area contributed by atoms with Crippen molar-refractivity contribution in [2.45, 2.75) is 46.3 Å². The van der Waals surface area contributed by atoms with Crippen molar-refractivity contribution in [2.75, 3.05) is 44.4 Å². The number of para-hydroxylation sites is 2. The van der Waals surface area contributed by atoms with Gasteiger partial charge in [-0.05, 0) is 44.6 Å². The monoisotopic (exact) mass is 534 g/mol. The molecule has 2 fully saturated rings. The maximum absolute atomic E-state index is 12.3. The standard InChI is InChI=1S/C28H34N6O3S/c1-5-24-29-20-8-6-7-9-21(20)34(24)33-17-22(31-10-12-36-13-11-31)26-23(18-33)38-25(30-26)14-19-15-32(16-19)27(35)37-28(2,3)4/h6-9,14,17H,5,10-13,15-16,18H2,1-4H3. The summed E-state index contributed by atoms with van der Waals surface area (Å²) >= 11 is 1.72. The molecule has 1 amide bonds. The molecule has 3 aliphatic heterocycles. The molecular formula is C28H34N6O3S. The van der Waals surface area contributed by atoms with E-state index < -0.39 is 5.60 Å². The van der Waals surface area contributed by atoms with E-state index in [9.17, 15) is 4.79 Å². The van der Waals surface area contributed by atoms with Crippen LogP contribution in [0.2, 0.25) is 0 Å². The maximum atomic E-state index is 12.3. The summed E-state index contributed by atoms with van der Waals surface area (Å²) in [7, 11) is 0. The van der Waals surface area contributed by atoms with Crippen molar-refractivity contribution in [1.82, 2.24) is 24.4 Å². The van der Waals surface area contributed by atoms with Crippen molar-refractivity contribution in [3.05, 3.63) is 57.4 Å². The molecule has 0 unspecified atom stereocenters. The predicted molar refractivity (Wildman–Crippen MR) is 149 cm³/mol. The second-order valence-corrected chi connectivity index (χ2v) is 12.0. The van der Waals surface area contributed by atoms with E-state index in [0.29, 0.717) is 26.3 Å². The minimum absolute atomic E-state index is 0.263. The fraction of sp³-hybridized carbons (Fsp3) is 0.464. The van der Waals surface area contributed by atoms with E-state index in [-0.39, 0.29) is 6.09 Å². The average molecular weight is 535 g/mol. The van der Waals surface area contributed by atoms with E-state index in [2.05, 4.69) is 52.0 Å². The largest absolute Gasteiger partial charge is 0.444 e. The van der Waals surface area contributed by atoms with E-state index in [1.54, 1.807) is 16.2 Å². The van der Waals surface area contributed by atoms with Crippen LogP contribution in [0.5, 0.6) is 0 Å². The number of likely N-dealkylation sites (tertiary alicyclic amines) is 1. The number of thiazole rings is 1. The molecular weight excluding hydrogens is 500 g/mol. The highest BCUT2D eigenvalue weighted by molar-refractivity contribution is 7.12. The Morgan fingerprint density at radius 2 is 1.89 bits per heavy atom. The van der Waals surface area contributed by atoms with Gasteiger partial charge >= 0.3 is 6.09 Å². The lowest BCUT2D eigenvalue weighted by Gasteiger charge is -2.35. The Bertz CT molecular complexity index is 1420. The molecule has 1 aromatic carbocycles. The van der Waals surface area contributed by atoms with Crippen LogP contribution in [0.25, 0.3) is 22.8 Å². The van der Waals surface area contributed by atoms with Gasteiger partial charge in [0.05, 0.1) is 41.4 Å². The number of hydrogen-bond acceptors (Lipinski definition) is 8. The molecule has 6 rings (SSSR count). The molecule has 0 saturated carbocycles. The van der Waals surface area contributed by atoms with Gasteiger partial charge in [0.25, 0.3) is 0 Å². The number of imidazole rings is 1. The molecule has 10 heteroatoms. The van der Waals surface area contributed by atoms with Crippen molar-refractivity contribution < 1.29 is 14.3 Å². The molecule has 9 nitrogen and oxygen atoms in total. The normalized spacial score (nSPS) is 17.8. The van der Waals surface area contributed by atoms with Crippen LogP contribution in [0.15, 0.2) is 36.0 Å². The lowest BCUT2D eigenvalue weighted by molar-refractivity contribution is 0.0216. The number of hydrogen-bond donors (Lipinski definition) is 0. The summed E-state index contributed by atoms with van der Waals surface area (Å²) in [5.74, 6) is 1.04. The molecule has 0 atom stereocenters. The molecule has 38 heavy (non-hydrogen) atoms. The van der Waals surface area contributed by atoms with Crippen LogP contribution in [0, 0.1) is 0 Å². The number of carbonyl (C=O) groups is 1. The zero-order chi connectivity index (χ0) is 26.4. The van der Waals surface area contributed by atoms with Gasteiger partial charge in [0.2, 0.25) is 0 Å². The first-order chi connectivity index (χ1) is 18.3. The Labute approximate surface area is 226 Å². The number of nitrogens with zero attached hydrogens (tertiary/aromatic N) is 6. The van der Waals surface area contributed by atoms with Gasteiger partial charge in [0, 0.05) is 38.8 Å². The molecule has 3 aliphatic rings. The topological polar surface area (TPSA) is 76.0 Å². The number of benzene rings is 1. The van der Waals surface area contributed by atoms with Crippen molar-refractivity contribution in [2.24, 2.45) is 0 Å². The molecule has 200 valence electrons. The number of morpholine rings is 1. The highest BCUT2D eigenvalue weighted by atomic mass is 32.1. The van der Waals surface area contributed by atoms with Crippen LogP contribution < -0.4 is 5.01 Å². The summed E-state index contributed by atoms with van der Waals surface area (Å²) in [5, 5.41) is 3.25. The Morgan fingerprint density at radius 3 is 2.63 bits per heavy atom. The zero-order valence-electron chi connectivity index (χ0n) is 22.4. The molecule has 0 spiro atoms. The van der Waals surface area contributed by atoms with Gasteiger partial charge in [-0.2, -0.15) is 0 Å². The smallest absolute Gasteiger partial charge is 0.410 e. The van der Waals surface area contributed by atoms with Gasteiger partial charge in [0.15, 0.2) is 0 Å². The number of rotatable bonds is 4. The summed E-state index contributed by atoms with van der Waals surface area (Å²) < 4.78 is 13.4. The minimum Gasteiger partial charge on any atom is -0.444 e. The molecule has 2 aromatic heterocycles. The number of amides is 1. The van der Waals surface area contributed by atoms with E-state index in [0.717, 1.165) is 59.3 Å². The van der Waals surface area contributed by atoms with Crippen LogP contribution in [0.4, 0.5) is 4.79 Å². The van der Waals surface area contributed by atoms with E-state index in [1.165, 1.54) is 10.5 Å². The molecule has 0 bridgehead atoms. The minimum atomic E-state index is -0.489. The first kappa shape index (κ1) is 24.9. The van der Waals surface area contributed by atoms with Gasteiger partial charge < -0.3 is 19.3 Å². The molecule has 0 N–H and O–H groups in total. The number of ether oxygens (including phenoxy) is 2. The molecule has 0 aliphatic carbocycles. The Hall–Kier alpha value is -3.37. The van der Waals surface area contributed by atoms with Crippen molar-refractivity contribution in [3.8, 4) is 0 Å². The number of fused-ring (bicyclic) bond motifs is 2. The third-order valence-electron chi connectivity index (χ3n) is 6.83. The van der Waals surface area contributed by atoms with Crippen LogP contribution in [-0.2, 0) is 22.4 Å².